The maximum absolute atomic E-state index is 14.9. The average molecular weight is 480 g/mol. The Balaban J connectivity index is 1.50. The van der Waals surface area contributed by atoms with E-state index in [-0.39, 0.29) is 25.4 Å². The summed E-state index contributed by atoms with van der Waals surface area (Å²) in [5.74, 6) is -1.16. The summed E-state index contributed by atoms with van der Waals surface area (Å²) in [4.78, 5) is 51.2. The Morgan fingerprint density at radius 2 is 1.91 bits per heavy atom. The van der Waals surface area contributed by atoms with Gasteiger partial charge in [0.15, 0.2) is 0 Å². The van der Waals surface area contributed by atoms with E-state index in [2.05, 4.69) is 5.32 Å². The lowest BCUT2D eigenvalue weighted by atomic mass is 10.2. The minimum Gasteiger partial charge on any atom is -0.442 e. The molecule has 11 nitrogen and oxygen atoms in total. The van der Waals surface area contributed by atoms with Crippen molar-refractivity contribution in [2.24, 2.45) is 0 Å². The third-order valence-electron chi connectivity index (χ3n) is 5.43. The number of hydrogen-bond acceptors (Lipinski definition) is 8. The molecule has 2 aliphatic rings. The third kappa shape index (κ3) is 6.49. The molecule has 1 unspecified atom stereocenters. The van der Waals surface area contributed by atoms with Gasteiger partial charge in [0.05, 0.1) is 24.5 Å². The fourth-order valence-corrected chi connectivity index (χ4v) is 3.66. The van der Waals surface area contributed by atoms with Crippen LogP contribution in [-0.4, -0.2) is 81.1 Å². The molecule has 34 heavy (non-hydrogen) atoms. The Labute approximate surface area is 196 Å². The maximum Gasteiger partial charge on any atom is 0.414 e. The normalized spacial score (nSPS) is 17.9. The monoisotopic (exact) mass is 480 g/mol. The van der Waals surface area contributed by atoms with Gasteiger partial charge >= 0.3 is 18.2 Å². The summed E-state index contributed by atoms with van der Waals surface area (Å²) in [6, 6.07) is 4.48. The first-order chi connectivity index (χ1) is 16.3. The topological polar surface area (TPSA) is 118 Å². The molecule has 2 fully saturated rings. The highest BCUT2D eigenvalue weighted by Gasteiger charge is 2.33. The molecule has 186 valence electrons. The minimum atomic E-state index is -0.602. The first-order valence-corrected chi connectivity index (χ1v) is 11.1. The van der Waals surface area contributed by atoms with Gasteiger partial charge in [0.1, 0.15) is 11.9 Å². The van der Waals surface area contributed by atoms with Crippen molar-refractivity contribution in [1.82, 2.24) is 10.2 Å². The molecule has 0 spiro atoms. The second-order valence-electron chi connectivity index (χ2n) is 7.96. The summed E-state index contributed by atoms with van der Waals surface area (Å²) < 4.78 is 29.9. The zero-order valence-corrected chi connectivity index (χ0v) is 19.3. The van der Waals surface area contributed by atoms with E-state index in [1.165, 1.54) is 22.8 Å². The number of amides is 3. The van der Waals surface area contributed by atoms with Crippen molar-refractivity contribution in [3.05, 3.63) is 24.0 Å². The summed E-state index contributed by atoms with van der Waals surface area (Å²) >= 11 is 0. The van der Waals surface area contributed by atoms with E-state index in [0.717, 1.165) is 0 Å². The fourth-order valence-electron chi connectivity index (χ4n) is 3.66. The highest BCUT2D eigenvalue weighted by molar-refractivity contribution is 5.90. The molecule has 3 rings (SSSR count). The number of anilines is 2. The molecule has 1 aromatic rings. The molecule has 1 aromatic carbocycles. The number of halogens is 1. The molecule has 2 heterocycles. The third-order valence-corrected chi connectivity index (χ3v) is 5.43. The van der Waals surface area contributed by atoms with E-state index >= 15 is 0 Å². The molecule has 0 radical (unpaired) electrons. The standard InChI is InChI=1S/C22H29FN4O7/c1-3-4-20(29)32-14-33-21(30)26-9-7-25(8-10-26)19-6-5-16(11-18(19)23)27-13-17(34-22(27)31)12-24-15(2)28/h5-6,11,17H,3-4,7-10,12-14H2,1-2H3,(H,24,28). The van der Waals surface area contributed by atoms with Crippen molar-refractivity contribution >= 4 is 35.4 Å². The van der Waals surface area contributed by atoms with Crippen LogP contribution in [0.4, 0.5) is 25.4 Å². The Morgan fingerprint density at radius 1 is 1.18 bits per heavy atom. The van der Waals surface area contributed by atoms with Crippen LogP contribution < -0.4 is 15.1 Å². The van der Waals surface area contributed by atoms with Gasteiger partial charge < -0.3 is 29.3 Å². The summed E-state index contributed by atoms with van der Waals surface area (Å²) in [5, 5.41) is 2.59. The number of rotatable bonds is 8. The largest absolute Gasteiger partial charge is 0.442 e. The van der Waals surface area contributed by atoms with Gasteiger partial charge in [-0.3, -0.25) is 14.5 Å². The van der Waals surface area contributed by atoms with Crippen molar-refractivity contribution in [3.8, 4) is 0 Å². The van der Waals surface area contributed by atoms with E-state index in [9.17, 15) is 23.6 Å². The molecule has 1 N–H and O–H groups in total. The Morgan fingerprint density at radius 3 is 2.56 bits per heavy atom. The molecular weight excluding hydrogens is 451 g/mol. The van der Waals surface area contributed by atoms with Crippen LogP contribution in [0.5, 0.6) is 0 Å². The molecule has 2 saturated heterocycles. The van der Waals surface area contributed by atoms with Crippen LogP contribution in [0.1, 0.15) is 26.7 Å². The highest BCUT2D eigenvalue weighted by atomic mass is 19.1. The van der Waals surface area contributed by atoms with Crippen LogP contribution in [-0.2, 0) is 23.8 Å². The summed E-state index contributed by atoms with van der Waals surface area (Å²) in [7, 11) is 0. The summed E-state index contributed by atoms with van der Waals surface area (Å²) in [5.41, 5.74) is 0.712. The maximum atomic E-state index is 14.9. The van der Waals surface area contributed by atoms with Gasteiger partial charge in [-0.2, -0.15) is 0 Å². The zero-order valence-electron chi connectivity index (χ0n) is 19.3. The average Bonchev–Trinajstić information content (AvgIpc) is 3.18. The predicted octanol–water partition coefficient (Wildman–Crippen LogP) is 1.85. The molecule has 0 saturated carbocycles. The number of esters is 1. The quantitative estimate of drug-likeness (QED) is 0.443. The second kappa shape index (κ2) is 11.5. The lowest BCUT2D eigenvalue weighted by Gasteiger charge is -2.35. The molecule has 3 amide bonds. The number of hydrogen-bond donors (Lipinski definition) is 1. The number of nitrogens with zero attached hydrogens (tertiary/aromatic N) is 3. The lowest BCUT2D eigenvalue weighted by molar-refractivity contribution is -0.152. The molecular formula is C22H29FN4O7. The van der Waals surface area contributed by atoms with E-state index in [0.29, 0.717) is 44.0 Å². The van der Waals surface area contributed by atoms with Crippen LogP contribution in [0.25, 0.3) is 0 Å². The molecule has 0 aliphatic carbocycles. The first-order valence-electron chi connectivity index (χ1n) is 11.1. The first kappa shape index (κ1) is 25.1. The van der Waals surface area contributed by atoms with E-state index in [4.69, 9.17) is 14.2 Å². The number of cyclic esters (lactones) is 1. The van der Waals surface area contributed by atoms with Crippen molar-refractivity contribution in [2.45, 2.75) is 32.8 Å². The van der Waals surface area contributed by atoms with Crippen LogP contribution in [0.3, 0.4) is 0 Å². The number of piperazine rings is 1. The van der Waals surface area contributed by atoms with Gasteiger partial charge in [-0.05, 0) is 24.6 Å². The van der Waals surface area contributed by atoms with E-state index in [1.807, 2.05) is 6.92 Å². The van der Waals surface area contributed by atoms with E-state index in [1.54, 1.807) is 17.0 Å². The van der Waals surface area contributed by atoms with Crippen LogP contribution in [0.15, 0.2) is 18.2 Å². The Hall–Kier alpha value is -3.57. The van der Waals surface area contributed by atoms with Crippen LogP contribution in [0, 0.1) is 5.82 Å². The number of nitrogens with one attached hydrogen (secondary N) is 1. The molecule has 0 aromatic heterocycles. The Kier molecular flexibility index (Phi) is 8.50. The van der Waals surface area contributed by atoms with Crippen molar-refractivity contribution in [1.29, 1.82) is 0 Å². The number of carbonyl (C=O) groups excluding carboxylic acids is 4. The van der Waals surface area contributed by atoms with Crippen molar-refractivity contribution in [3.63, 3.8) is 0 Å². The van der Waals surface area contributed by atoms with Gasteiger partial charge in [-0.15, -0.1) is 0 Å². The Bertz CT molecular complexity index is 921. The smallest absolute Gasteiger partial charge is 0.414 e. The summed E-state index contributed by atoms with van der Waals surface area (Å²) in [6.45, 7) is 4.55. The van der Waals surface area contributed by atoms with Crippen molar-refractivity contribution < 1.29 is 37.8 Å². The molecule has 0 bridgehead atoms. The lowest BCUT2D eigenvalue weighted by Crippen LogP contribution is -2.49. The fraction of sp³-hybridized carbons (Fsp3) is 0.545. The number of benzene rings is 1. The zero-order chi connectivity index (χ0) is 24.7. The van der Waals surface area contributed by atoms with Crippen LogP contribution in [0.2, 0.25) is 0 Å². The van der Waals surface area contributed by atoms with Gasteiger partial charge in [-0.1, -0.05) is 6.92 Å². The second-order valence-corrected chi connectivity index (χ2v) is 7.96. The number of carbonyl (C=O) groups is 4. The minimum absolute atomic E-state index is 0.187. The molecule has 1 atom stereocenters. The van der Waals surface area contributed by atoms with Gasteiger partial charge in [-0.25, -0.2) is 14.0 Å². The van der Waals surface area contributed by atoms with Gasteiger partial charge in [0.25, 0.3) is 0 Å². The SMILES string of the molecule is CCCC(=O)OCOC(=O)N1CCN(c2ccc(N3CC(CNC(C)=O)OC3=O)cc2F)CC1. The van der Waals surface area contributed by atoms with Crippen LogP contribution >= 0.6 is 0 Å². The predicted molar refractivity (Wildman–Crippen MR) is 119 cm³/mol. The van der Waals surface area contributed by atoms with Crippen molar-refractivity contribution in [2.75, 3.05) is 55.9 Å². The van der Waals surface area contributed by atoms with Gasteiger partial charge in [0.2, 0.25) is 12.7 Å². The van der Waals surface area contributed by atoms with E-state index < -0.39 is 36.9 Å². The highest BCUT2D eigenvalue weighted by Crippen LogP contribution is 2.28. The molecule has 12 heteroatoms. The van der Waals surface area contributed by atoms with Gasteiger partial charge in [0, 0.05) is 39.5 Å². The number of ether oxygens (including phenoxy) is 3. The summed E-state index contributed by atoms with van der Waals surface area (Å²) in [6.07, 6.45) is -0.802. The molecule has 2 aliphatic heterocycles.